The number of nitrogens with zero attached hydrogens (tertiary/aromatic N) is 1. The van der Waals surface area contributed by atoms with Gasteiger partial charge in [-0.1, -0.05) is 35.8 Å². The second-order valence-electron chi connectivity index (χ2n) is 5.44. The second-order valence-corrected chi connectivity index (χ2v) is 5.44. The zero-order chi connectivity index (χ0) is 14.6. The van der Waals surface area contributed by atoms with Crippen LogP contribution in [0.1, 0.15) is 49.7 Å². The number of carboxylic acid groups (broad SMARTS) is 1. The lowest BCUT2D eigenvalue weighted by molar-refractivity contribution is -0.137. The van der Waals surface area contributed by atoms with E-state index in [1.54, 1.807) is 0 Å². The third-order valence-corrected chi connectivity index (χ3v) is 4.26. The van der Waals surface area contributed by atoms with Crippen LogP contribution in [0.25, 0.3) is 0 Å². The van der Waals surface area contributed by atoms with E-state index in [1.165, 1.54) is 12.0 Å². The fourth-order valence-corrected chi connectivity index (χ4v) is 2.92. The smallest absolute Gasteiger partial charge is 0.303 e. The first-order valence-corrected chi connectivity index (χ1v) is 6.88. The molecule has 0 bridgehead atoms. The molecule has 0 unspecified atom stereocenters. The quantitative estimate of drug-likeness (QED) is 0.322. The Morgan fingerprint density at radius 1 is 1.30 bits per heavy atom. The minimum absolute atomic E-state index is 0.102. The molecular weight excluding hydrogens is 256 g/mol. The standard InChI is InChI=1S/C15H20N2O3/c16-14(17-20)11-4-6-12(7-5-11)15(9-2-10-15)8-1-3-13(18)19/h4-7,20H,1-3,8-10H2,(H2,16,17)(H,18,19). The molecule has 0 heterocycles. The number of benzene rings is 1. The average molecular weight is 276 g/mol. The van der Waals surface area contributed by atoms with Gasteiger partial charge in [0.15, 0.2) is 5.84 Å². The molecule has 1 aliphatic carbocycles. The van der Waals surface area contributed by atoms with Gasteiger partial charge in [0.2, 0.25) is 0 Å². The zero-order valence-corrected chi connectivity index (χ0v) is 11.4. The lowest BCUT2D eigenvalue weighted by atomic mass is 9.62. The van der Waals surface area contributed by atoms with Crippen molar-refractivity contribution in [2.75, 3.05) is 0 Å². The normalized spacial score (nSPS) is 17.5. The lowest BCUT2D eigenvalue weighted by Crippen LogP contribution is -2.34. The zero-order valence-electron chi connectivity index (χ0n) is 11.4. The Morgan fingerprint density at radius 3 is 2.40 bits per heavy atom. The molecule has 1 aromatic rings. The van der Waals surface area contributed by atoms with Crippen LogP contribution in [0.5, 0.6) is 0 Å². The van der Waals surface area contributed by atoms with Crippen molar-refractivity contribution in [1.29, 1.82) is 0 Å². The predicted molar refractivity (Wildman–Crippen MR) is 76.0 cm³/mol. The monoisotopic (exact) mass is 276 g/mol. The highest BCUT2D eigenvalue weighted by Gasteiger charge is 2.37. The summed E-state index contributed by atoms with van der Waals surface area (Å²) in [5.74, 6) is -0.633. The van der Waals surface area contributed by atoms with Gasteiger partial charge >= 0.3 is 5.97 Å². The Morgan fingerprint density at radius 2 is 1.95 bits per heavy atom. The molecule has 0 aromatic heterocycles. The number of hydrogen-bond donors (Lipinski definition) is 3. The van der Waals surface area contributed by atoms with E-state index in [0.717, 1.165) is 19.3 Å². The van der Waals surface area contributed by atoms with Gasteiger partial charge < -0.3 is 16.0 Å². The molecule has 1 saturated carbocycles. The summed E-state index contributed by atoms with van der Waals surface area (Å²) in [6.07, 6.45) is 5.24. The first kappa shape index (κ1) is 14.4. The molecule has 0 atom stereocenters. The van der Waals surface area contributed by atoms with Crippen LogP contribution in [0.3, 0.4) is 0 Å². The summed E-state index contributed by atoms with van der Waals surface area (Å²) in [6.45, 7) is 0. The van der Waals surface area contributed by atoms with Gasteiger partial charge in [-0.2, -0.15) is 0 Å². The second kappa shape index (κ2) is 5.94. The number of rotatable bonds is 6. The molecule has 108 valence electrons. The van der Waals surface area contributed by atoms with Crippen LogP contribution >= 0.6 is 0 Å². The van der Waals surface area contributed by atoms with Crippen molar-refractivity contribution in [2.45, 2.75) is 43.9 Å². The number of amidine groups is 1. The Kier molecular flexibility index (Phi) is 4.27. The van der Waals surface area contributed by atoms with E-state index in [2.05, 4.69) is 5.16 Å². The molecule has 0 aliphatic heterocycles. The molecule has 1 aliphatic rings. The Labute approximate surface area is 118 Å². The summed E-state index contributed by atoms with van der Waals surface area (Å²) in [7, 11) is 0. The SMILES string of the molecule is NC(=NO)c1ccc(C2(CCCC(=O)O)CCC2)cc1. The van der Waals surface area contributed by atoms with Crippen molar-refractivity contribution < 1.29 is 15.1 Å². The van der Waals surface area contributed by atoms with E-state index in [-0.39, 0.29) is 17.7 Å². The number of aliphatic carboxylic acids is 1. The van der Waals surface area contributed by atoms with Crippen molar-refractivity contribution in [3.05, 3.63) is 35.4 Å². The highest BCUT2D eigenvalue weighted by atomic mass is 16.4. The largest absolute Gasteiger partial charge is 0.481 e. The van der Waals surface area contributed by atoms with Crippen LogP contribution in [0.4, 0.5) is 0 Å². The van der Waals surface area contributed by atoms with Crippen molar-refractivity contribution >= 4 is 11.8 Å². The molecule has 20 heavy (non-hydrogen) atoms. The van der Waals surface area contributed by atoms with Gasteiger partial charge in [0, 0.05) is 12.0 Å². The maximum Gasteiger partial charge on any atom is 0.303 e. The van der Waals surface area contributed by atoms with Crippen LogP contribution in [0.15, 0.2) is 29.4 Å². The van der Waals surface area contributed by atoms with Crippen LogP contribution in [-0.2, 0) is 10.2 Å². The number of nitrogens with two attached hydrogens (primary N) is 1. The molecule has 2 rings (SSSR count). The van der Waals surface area contributed by atoms with Crippen molar-refractivity contribution in [3.8, 4) is 0 Å². The van der Waals surface area contributed by atoms with E-state index < -0.39 is 5.97 Å². The van der Waals surface area contributed by atoms with Gasteiger partial charge in [-0.25, -0.2) is 0 Å². The summed E-state index contributed by atoms with van der Waals surface area (Å²) in [5.41, 5.74) is 7.59. The van der Waals surface area contributed by atoms with Crippen LogP contribution < -0.4 is 5.73 Å². The molecule has 0 amide bonds. The van der Waals surface area contributed by atoms with Gasteiger partial charge in [0.1, 0.15) is 0 Å². The molecule has 0 radical (unpaired) electrons. The third kappa shape index (κ3) is 2.92. The van der Waals surface area contributed by atoms with Crippen molar-refractivity contribution in [2.24, 2.45) is 10.9 Å². The molecule has 0 saturated heterocycles. The first-order valence-electron chi connectivity index (χ1n) is 6.88. The highest BCUT2D eigenvalue weighted by Crippen LogP contribution is 2.47. The molecular formula is C15H20N2O3. The summed E-state index contributed by atoms with van der Waals surface area (Å²) >= 11 is 0. The van der Waals surface area contributed by atoms with E-state index in [9.17, 15) is 4.79 Å². The fourth-order valence-electron chi connectivity index (χ4n) is 2.92. The number of oxime groups is 1. The van der Waals surface area contributed by atoms with Crippen molar-refractivity contribution in [1.82, 2.24) is 0 Å². The average Bonchev–Trinajstić information content (AvgIpc) is 2.41. The molecule has 5 nitrogen and oxygen atoms in total. The Hall–Kier alpha value is -2.04. The minimum Gasteiger partial charge on any atom is -0.481 e. The maximum absolute atomic E-state index is 10.6. The summed E-state index contributed by atoms with van der Waals surface area (Å²) in [6, 6.07) is 7.71. The topological polar surface area (TPSA) is 95.9 Å². The molecule has 0 spiro atoms. The minimum atomic E-state index is -0.734. The lowest BCUT2D eigenvalue weighted by Gasteiger charge is -2.43. The van der Waals surface area contributed by atoms with Crippen LogP contribution in [0, 0.1) is 0 Å². The van der Waals surface area contributed by atoms with E-state index >= 15 is 0 Å². The fraction of sp³-hybridized carbons (Fsp3) is 0.467. The van der Waals surface area contributed by atoms with Crippen LogP contribution in [0.2, 0.25) is 0 Å². The first-order chi connectivity index (χ1) is 9.57. The van der Waals surface area contributed by atoms with E-state index in [4.69, 9.17) is 16.0 Å². The van der Waals surface area contributed by atoms with Crippen molar-refractivity contribution in [3.63, 3.8) is 0 Å². The molecule has 1 aromatic carbocycles. The van der Waals surface area contributed by atoms with Gasteiger partial charge in [-0.3, -0.25) is 4.79 Å². The molecule has 5 heteroatoms. The number of carboxylic acids is 1. The number of carbonyl (C=O) groups is 1. The maximum atomic E-state index is 10.6. The van der Waals surface area contributed by atoms with Gasteiger partial charge in [-0.05, 0) is 36.7 Å². The van der Waals surface area contributed by atoms with Crippen LogP contribution in [-0.4, -0.2) is 22.1 Å². The van der Waals surface area contributed by atoms with E-state index in [0.29, 0.717) is 12.0 Å². The highest BCUT2D eigenvalue weighted by molar-refractivity contribution is 5.97. The Balaban J connectivity index is 2.09. The summed E-state index contributed by atoms with van der Waals surface area (Å²) in [5, 5.41) is 20.4. The van der Waals surface area contributed by atoms with E-state index in [1.807, 2.05) is 24.3 Å². The van der Waals surface area contributed by atoms with Gasteiger partial charge in [0.25, 0.3) is 0 Å². The Bertz CT molecular complexity index is 504. The molecule has 1 fully saturated rings. The predicted octanol–water partition coefficient (Wildman–Crippen LogP) is 2.46. The summed E-state index contributed by atoms with van der Waals surface area (Å²) in [4.78, 5) is 10.6. The van der Waals surface area contributed by atoms with Gasteiger partial charge in [-0.15, -0.1) is 0 Å². The summed E-state index contributed by atoms with van der Waals surface area (Å²) < 4.78 is 0. The third-order valence-electron chi connectivity index (χ3n) is 4.26. The number of hydrogen-bond acceptors (Lipinski definition) is 3. The molecule has 4 N–H and O–H groups in total. The van der Waals surface area contributed by atoms with Gasteiger partial charge in [0.05, 0.1) is 0 Å².